The quantitative estimate of drug-likeness (QED) is 0.599. The molecule has 2 heterocycles. The van der Waals surface area contributed by atoms with Gasteiger partial charge in [-0.25, -0.2) is 0 Å². The largest absolute Gasteiger partial charge is 0.423 e. The SMILES string of the molecule is CSc1ccc(CN(C)C(=O)C2CCN(c3nc4ccccc4o3)CC2)cc1. The lowest BCUT2D eigenvalue weighted by Crippen LogP contribution is -2.41. The van der Waals surface area contributed by atoms with Gasteiger partial charge in [0.1, 0.15) is 5.52 Å². The van der Waals surface area contributed by atoms with E-state index in [1.165, 1.54) is 4.90 Å². The van der Waals surface area contributed by atoms with Gasteiger partial charge in [-0.15, -0.1) is 11.8 Å². The number of thioether (sulfide) groups is 1. The van der Waals surface area contributed by atoms with Gasteiger partial charge in [0, 0.05) is 37.5 Å². The molecule has 3 aromatic rings. The molecule has 0 spiro atoms. The maximum absolute atomic E-state index is 12.9. The molecule has 0 N–H and O–H groups in total. The Bertz CT molecular complexity index is 913. The summed E-state index contributed by atoms with van der Waals surface area (Å²) in [6.45, 7) is 2.23. The Morgan fingerprint density at radius 1 is 1.18 bits per heavy atom. The molecule has 5 nitrogen and oxygen atoms in total. The van der Waals surface area contributed by atoms with Crippen LogP contribution in [0.2, 0.25) is 0 Å². The van der Waals surface area contributed by atoms with E-state index in [0.717, 1.165) is 42.6 Å². The summed E-state index contributed by atoms with van der Waals surface area (Å²) in [4.78, 5) is 22.7. The Hall–Kier alpha value is -2.47. The molecule has 146 valence electrons. The summed E-state index contributed by atoms with van der Waals surface area (Å²) in [5, 5.41) is 0. The summed E-state index contributed by atoms with van der Waals surface area (Å²) in [6.07, 6.45) is 3.72. The zero-order valence-corrected chi connectivity index (χ0v) is 17.1. The molecule has 28 heavy (non-hydrogen) atoms. The average Bonchev–Trinajstić information content (AvgIpc) is 3.18. The van der Waals surface area contributed by atoms with Crippen molar-refractivity contribution < 1.29 is 9.21 Å². The van der Waals surface area contributed by atoms with Crippen LogP contribution in [0.25, 0.3) is 11.1 Å². The molecule has 0 saturated carbocycles. The van der Waals surface area contributed by atoms with E-state index < -0.39 is 0 Å². The van der Waals surface area contributed by atoms with Crippen molar-refractivity contribution >= 4 is 34.8 Å². The minimum Gasteiger partial charge on any atom is -0.423 e. The van der Waals surface area contributed by atoms with E-state index in [9.17, 15) is 4.79 Å². The third-order valence-electron chi connectivity index (χ3n) is 5.35. The van der Waals surface area contributed by atoms with Crippen LogP contribution in [0.15, 0.2) is 57.8 Å². The third-order valence-corrected chi connectivity index (χ3v) is 6.10. The number of oxazole rings is 1. The van der Waals surface area contributed by atoms with Gasteiger partial charge in [0.25, 0.3) is 6.01 Å². The standard InChI is InChI=1S/C22H25N3O2S/c1-24(15-16-7-9-18(28-2)10-8-16)21(26)17-11-13-25(14-12-17)22-23-19-5-3-4-6-20(19)27-22/h3-10,17H,11-15H2,1-2H3. The fourth-order valence-corrected chi connectivity index (χ4v) is 4.12. The van der Waals surface area contributed by atoms with Crippen LogP contribution in [-0.2, 0) is 11.3 Å². The number of carbonyl (C=O) groups is 1. The minimum absolute atomic E-state index is 0.0658. The van der Waals surface area contributed by atoms with E-state index in [4.69, 9.17) is 4.42 Å². The summed E-state index contributed by atoms with van der Waals surface area (Å²) in [5.74, 6) is 0.294. The van der Waals surface area contributed by atoms with Gasteiger partial charge in [0.2, 0.25) is 5.91 Å². The summed E-state index contributed by atoms with van der Waals surface area (Å²) in [6, 6.07) is 16.9. The van der Waals surface area contributed by atoms with Gasteiger partial charge in [-0.05, 0) is 48.9 Å². The summed E-state index contributed by atoms with van der Waals surface area (Å²) in [5.41, 5.74) is 2.85. The molecule has 1 saturated heterocycles. The van der Waals surface area contributed by atoms with E-state index in [-0.39, 0.29) is 11.8 Å². The van der Waals surface area contributed by atoms with Gasteiger partial charge in [-0.2, -0.15) is 4.98 Å². The van der Waals surface area contributed by atoms with E-state index in [0.29, 0.717) is 12.6 Å². The number of carbonyl (C=O) groups excluding carboxylic acids is 1. The number of hydrogen-bond donors (Lipinski definition) is 0. The summed E-state index contributed by atoms with van der Waals surface area (Å²) in [7, 11) is 1.90. The van der Waals surface area contributed by atoms with Gasteiger partial charge in [-0.3, -0.25) is 4.79 Å². The molecular formula is C22H25N3O2S. The fourth-order valence-electron chi connectivity index (χ4n) is 3.71. The Kier molecular flexibility index (Phi) is 5.57. The van der Waals surface area contributed by atoms with Crippen molar-refractivity contribution in [3.05, 3.63) is 54.1 Å². The van der Waals surface area contributed by atoms with Crippen molar-refractivity contribution in [3.63, 3.8) is 0 Å². The number of rotatable bonds is 5. The van der Waals surface area contributed by atoms with Crippen LogP contribution in [0.4, 0.5) is 6.01 Å². The van der Waals surface area contributed by atoms with Gasteiger partial charge < -0.3 is 14.2 Å². The molecule has 1 aromatic heterocycles. The van der Waals surface area contributed by atoms with Crippen molar-refractivity contribution in [3.8, 4) is 0 Å². The Labute approximate surface area is 169 Å². The lowest BCUT2D eigenvalue weighted by atomic mass is 9.95. The number of aromatic nitrogens is 1. The predicted octanol–water partition coefficient (Wildman–Crippen LogP) is 4.42. The first kappa shape index (κ1) is 18.9. The van der Waals surface area contributed by atoms with Crippen LogP contribution in [-0.4, -0.2) is 42.2 Å². The first-order chi connectivity index (χ1) is 13.6. The highest BCUT2D eigenvalue weighted by Gasteiger charge is 2.29. The van der Waals surface area contributed by atoms with Crippen LogP contribution >= 0.6 is 11.8 Å². The second kappa shape index (κ2) is 8.27. The number of anilines is 1. The van der Waals surface area contributed by atoms with Crippen LogP contribution in [0, 0.1) is 5.92 Å². The highest BCUT2D eigenvalue weighted by molar-refractivity contribution is 7.98. The van der Waals surface area contributed by atoms with Crippen molar-refractivity contribution in [1.29, 1.82) is 0 Å². The van der Waals surface area contributed by atoms with Crippen LogP contribution in [0.1, 0.15) is 18.4 Å². The molecule has 0 unspecified atom stereocenters. The lowest BCUT2D eigenvalue weighted by Gasteiger charge is -2.32. The number of piperidine rings is 1. The first-order valence-electron chi connectivity index (χ1n) is 9.62. The smallest absolute Gasteiger partial charge is 0.298 e. The van der Waals surface area contributed by atoms with Crippen molar-refractivity contribution in [2.45, 2.75) is 24.3 Å². The van der Waals surface area contributed by atoms with Crippen LogP contribution < -0.4 is 4.90 Å². The van der Waals surface area contributed by atoms with E-state index >= 15 is 0 Å². The first-order valence-corrected chi connectivity index (χ1v) is 10.8. The second-order valence-electron chi connectivity index (χ2n) is 7.27. The zero-order valence-electron chi connectivity index (χ0n) is 16.3. The maximum atomic E-state index is 12.9. The lowest BCUT2D eigenvalue weighted by molar-refractivity contribution is -0.135. The highest BCUT2D eigenvalue weighted by atomic mass is 32.2. The van der Waals surface area contributed by atoms with E-state index in [2.05, 4.69) is 40.4 Å². The van der Waals surface area contributed by atoms with Gasteiger partial charge in [0.15, 0.2) is 5.58 Å². The predicted molar refractivity (Wildman–Crippen MR) is 114 cm³/mol. The number of benzene rings is 2. The Balaban J connectivity index is 1.33. The molecule has 1 aliphatic rings. The average molecular weight is 396 g/mol. The molecule has 4 rings (SSSR count). The number of fused-ring (bicyclic) bond motifs is 1. The summed E-state index contributed by atoms with van der Waals surface area (Å²) < 4.78 is 5.87. The minimum atomic E-state index is 0.0658. The molecule has 2 aromatic carbocycles. The second-order valence-corrected chi connectivity index (χ2v) is 8.15. The molecular weight excluding hydrogens is 370 g/mol. The maximum Gasteiger partial charge on any atom is 0.298 e. The highest BCUT2D eigenvalue weighted by Crippen LogP contribution is 2.27. The van der Waals surface area contributed by atoms with Gasteiger partial charge >= 0.3 is 0 Å². The monoisotopic (exact) mass is 395 g/mol. The Morgan fingerprint density at radius 3 is 2.57 bits per heavy atom. The van der Waals surface area contributed by atoms with E-state index in [1.807, 2.05) is 36.2 Å². The number of amides is 1. The topological polar surface area (TPSA) is 49.6 Å². The van der Waals surface area contributed by atoms with Crippen LogP contribution in [0.3, 0.4) is 0 Å². The molecule has 0 atom stereocenters. The van der Waals surface area contributed by atoms with Gasteiger partial charge in [0.05, 0.1) is 0 Å². The Morgan fingerprint density at radius 2 is 1.89 bits per heavy atom. The zero-order chi connectivity index (χ0) is 19.5. The van der Waals surface area contributed by atoms with Crippen molar-refractivity contribution in [2.75, 3.05) is 31.3 Å². The van der Waals surface area contributed by atoms with Gasteiger partial charge in [-0.1, -0.05) is 24.3 Å². The number of nitrogens with zero attached hydrogens (tertiary/aromatic N) is 3. The normalized spacial score (nSPS) is 15.1. The van der Waals surface area contributed by atoms with Crippen molar-refractivity contribution in [1.82, 2.24) is 9.88 Å². The molecule has 0 aliphatic carbocycles. The molecule has 6 heteroatoms. The molecule has 1 amide bonds. The number of para-hydroxylation sites is 2. The summed E-state index contributed by atoms with van der Waals surface area (Å²) >= 11 is 1.73. The molecule has 1 aliphatic heterocycles. The fraction of sp³-hybridized carbons (Fsp3) is 0.364. The molecule has 0 radical (unpaired) electrons. The molecule has 1 fully saturated rings. The van der Waals surface area contributed by atoms with E-state index in [1.54, 1.807) is 11.8 Å². The number of hydrogen-bond acceptors (Lipinski definition) is 5. The van der Waals surface area contributed by atoms with Crippen LogP contribution in [0.5, 0.6) is 0 Å². The van der Waals surface area contributed by atoms with Crippen molar-refractivity contribution in [2.24, 2.45) is 5.92 Å². The molecule has 0 bridgehead atoms. The third kappa shape index (κ3) is 4.02.